The zero-order valence-electron chi connectivity index (χ0n) is 10.2. The van der Waals surface area contributed by atoms with Crippen LogP contribution < -0.4 is 5.73 Å². The van der Waals surface area contributed by atoms with Gasteiger partial charge in [-0.2, -0.15) is 0 Å². The molecule has 2 heterocycles. The number of hydrogen-bond acceptors (Lipinski definition) is 4. The van der Waals surface area contributed by atoms with Gasteiger partial charge in [0.25, 0.3) is 0 Å². The summed E-state index contributed by atoms with van der Waals surface area (Å²) in [5.74, 6) is 0.363. The highest BCUT2D eigenvalue weighted by atomic mass is 79.9. The lowest BCUT2D eigenvalue weighted by Gasteiger charge is -2.03. The fourth-order valence-corrected chi connectivity index (χ4v) is 2.27. The molecule has 0 fully saturated rings. The molecule has 3 rings (SSSR count). The van der Waals surface area contributed by atoms with Crippen molar-refractivity contribution < 1.29 is 8.91 Å². The Labute approximate surface area is 122 Å². The van der Waals surface area contributed by atoms with E-state index in [0.717, 1.165) is 0 Å². The predicted molar refractivity (Wildman–Crippen MR) is 77.2 cm³/mol. The number of nitrogens with zero attached hydrogens (tertiary/aromatic N) is 2. The number of nitrogens with two attached hydrogens (primary N) is 1. The third-order valence-corrected chi connectivity index (χ3v) is 3.43. The third kappa shape index (κ3) is 2.18. The van der Waals surface area contributed by atoms with E-state index in [1.54, 1.807) is 24.4 Å². The van der Waals surface area contributed by atoms with Crippen LogP contribution >= 0.6 is 15.9 Å². The molecule has 20 heavy (non-hydrogen) atoms. The number of halogens is 2. The molecule has 0 spiro atoms. The number of aromatic nitrogens is 2. The molecule has 0 radical (unpaired) electrons. The van der Waals surface area contributed by atoms with Gasteiger partial charge >= 0.3 is 0 Å². The Morgan fingerprint density at radius 2 is 2.05 bits per heavy atom. The summed E-state index contributed by atoms with van der Waals surface area (Å²) in [7, 11) is 0. The molecule has 0 amide bonds. The summed E-state index contributed by atoms with van der Waals surface area (Å²) in [6.07, 6.45) is 1.66. The van der Waals surface area contributed by atoms with Crippen molar-refractivity contribution in [3.05, 3.63) is 52.9 Å². The lowest BCUT2D eigenvalue weighted by atomic mass is 10.1. The first-order valence-electron chi connectivity index (χ1n) is 5.79. The van der Waals surface area contributed by atoms with Gasteiger partial charge in [0.2, 0.25) is 0 Å². The van der Waals surface area contributed by atoms with Crippen molar-refractivity contribution >= 4 is 21.7 Å². The molecule has 6 heteroatoms. The van der Waals surface area contributed by atoms with E-state index in [-0.39, 0.29) is 11.6 Å². The highest BCUT2D eigenvalue weighted by Gasteiger charge is 2.19. The highest BCUT2D eigenvalue weighted by Crippen LogP contribution is 2.36. The maximum atomic E-state index is 13.3. The molecule has 0 aliphatic rings. The van der Waals surface area contributed by atoms with E-state index in [2.05, 4.69) is 26.1 Å². The summed E-state index contributed by atoms with van der Waals surface area (Å²) in [5, 5.41) is 3.78. The van der Waals surface area contributed by atoms with E-state index >= 15 is 0 Å². The van der Waals surface area contributed by atoms with Gasteiger partial charge in [-0.1, -0.05) is 11.2 Å². The van der Waals surface area contributed by atoms with Crippen LogP contribution in [0.4, 0.5) is 10.2 Å². The Morgan fingerprint density at radius 1 is 1.20 bits per heavy atom. The molecule has 2 aromatic heterocycles. The maximum Gasteiger partial charge on any atom is 0.178 e. The zero-order valence-corrected chi connectivity index (χ0v) is 11.8. The molecule has 0 atom stereocenters. The van der Waals surface area contributed by atoms with Crippen LogP contribution in [0.1, 0.15) is 0 Å². The average Bonchev–Trinajstić information content (AvgIpc) is 2.85. The average molecular weight is 334 g/mol. The number of benzene rings is 1. The van der Waals surface area contributed by atoms with E-state index in [0.29, 0.717) is 27.1 Å². The lowest BCUT2D eigenvalue weighted by molar-refractivity contribution is 0.436. The molecule has 0 saturated heterocycles. The van der Waals surface area contributed by atoms with Crippen LogP contribution in [-0.4, -0.2) is 10.1 Å². The SMILES string of the molecule is Nc1noc(-c2ccc(F)c(Br)c2)c1-c1ccccn1. The van der Waals surface area contributed by atoms with E-state index < -0.39 is 0 Å². The van der Waals surface area contributed by atoms with Crippen LogP contribution in [0.15, 0.2) is 51.6 Å². The van der Waals surface area contributed by atoms with Crippen LogP contribution in [0.3, 0.4) is 0 Å². The molecule has 100 valence electrons. The van der Waals surface area contributed by atoms with Gasteiger partial charge < -0.3 is 10.3 Å². The van der Waals surface area contributed by atoms with Crippen molar-refractivity contribution in [3.8, 4) is 22.6 Å². The minimum absolute atomic E-state index is 0.249. The summed E-state index contributed by atoms with van der Waals surface area (Å²) >= 11 is 3.15. The van der Waals surface area contributed by atoms with Crippen molar-refractivity contribution in [1.29, 1.82) is 0 Å². The second kappa shape index (κ2) is 5.05. The van der Waals surface area contributed by atoms with E-state index in [1.165, 1.54) is 6.07 Å². The van der Waals surface area contributed by atoms with Crippen LogP contribution in [0, 0.1) is 5.82 Å². The highest BCUT2D eigenvalue weighted by molar-refractivity contribution is 9.10. The molecule has 1 aromatic carbocycles. The van der Waals surface area contributed by atoms with Gasteiger partial charge in [0, 0.05) is 11.8 Å². The number of nitrogen functional groups attached to an aromatic ring is 1. The van der Waals surface area contributed by atoms with Gasteiger partial charge in [-0.15, -0.1) is 0 Å². The van der Waals surface area contributed by atoms with Crippen molar-refractivity contribution in [2.75, 3.05) is 5.73 Å². The number of hydrogen-bond donors (Lipinski definition) is 1. The fourth-order valence-electron chi connectivity index (χ4n) is 1.90. The Morgan fingerprint density at radius 3 is 2.75 bits per heavy atom. The molecular formula is C14H9BrFN3O. The van der Waals surface area contributed by atoms with Gasteiger partial charge in [0.05, 0.1) is 15.7 Å². The normalized spacial score (nSPS) is 10.7. The Bertz CT molecular complexity index is 758. The quantitative estimate of drug-likeness (QED) is 0.772. The monoisotopic (exact) mass is 333 g/mol. The summed E-state index contributed by atoms with van der Waals surface area (Å²) in [4.78, 5) is 4.24. The largest absolute Gasteiger partial charge is 0.380 e. The van der Waals surface area contributed by atoms with Crippen molar-refractivity contribution in [2.24, 2.45) is 0 Å². The topological polar surface area (TPSA) is 64.9 Å². The predicted octanol–water partition coefficient (Wildman–Crippen LogP) is 3.89. The molecule has 0 unspecified atom stereocenters. The van der Waals surface area contributed by atoms with Gasteiger partial charge in [-0.3, -0.25) is 4.98 Å². The first-order chi connectivity index (χ1) is 9.66. The molecule has 2 N–H and O–H groups in total. The first kappa shape index (κ1) is 12.8. The zero-order chi connectivity index (χ0) is 14.1. The second-order valence-corrected chi connectivity index (χ2v) is 4.97. The van der Waals surface area contributed by atoms with Crippen molar-refractivity contribution in [2.45, 2.75) is 0 Å². The number of pyridine rings is 1. The van der Waals surface area contributed by atoms with Crippen LogP contribution in [0.25, 0.3) is 22.6 Å². The Hall–Kier alpha value is -2.21. The van der Waals surface area contributed by atoms with Crippen molar-refractivity contribution in [3.63, 3.8) is 0 Å². The molecule has 0 saturated carbocycles. The van der Waals surface area contributed by atoms with E-state index in [1.807, 2.05) is 12.1 Å². The van der Waals surface area contributed by atoms with Crippen LogP contribution in [-0.2, 0) is 0 Å². The molecule has 0 aliphatic carbocycles. The fraction of sp³-hybridized carbons (Fsp3) is 0. The third-order valence-electron chi connectivity index (χ3n) is 2.82. The smallest absolute Gasteiger partial charge is 0.178 e. The molecule has 4 nitrogen and oxygen atoms in total. The summed E-state index contributed by atoms with van der Waals surface area (Å²) in [6, 6.07) is 10.0. The van der Waals surface area contributed by atoms with Gasteiger partial charge in [-0.25, -0.2) is 4.39 Å². The molecule has 0 aliphatic heterocycles. The lowest BCUT2D eigenvalue weighted by Crippen LogP contribution is -1.91. The van der Waals surface area contributed by atoms with Crippen LogP contribution in [0.5, 0.6) is 0 Å². The van der Waals surface area contributed by atoms with E-state index in [4.69, 9.17) is 10.3 Å². The Kier molecular flexibility index (Phi) is 3.23. The minimum atomic E-state index is -0.347. The molecule has 3 aromatic rings. The Balaban J connectivity index is 2.18. The van der Waals surface area contributed by atoms with Crippen LogP contribution in [0.2, 0.25) is 0 Å². The number of rotatable bonds is 2. The first-order valence-corrected chi connectivity index (χ1v) is 6.58. The molecular weight excluding hydrogens is 325 g/mol. The molecule has 0 bridgehead atoms. The summed E-state index contributed by atoms with van der Waals surface area (Å²) in [5.41, 5.74) is 7.77. The van der Waals surface area contributed by atoms with Gasteiger partial charge in [-0.05, 0) is 46.3 Å². The van der Waals surface area contributed by atoms with Gasteiger partial charge in [0.15, 0.2) is 11.6 Å². The van der Waals surface area contributed by atoms with Crippen molar-refractivity contribution in [1.82, 2.24) is 10.1 Å². The second-order valence-electron chi connectivity index (χ2n) is 4.12. The number of anilines is 1. The maximum absolute atomic E-state index is 13.3. The standard InChI is InChI=1S/C14H9BrFN3O/c15-9-7-8(4-5-10(9)16)13-12(14(17)19-20-13)11-3-1-2-6-18-11/h1-7H,(H2,17,19). The summed E-state index contributed by atoms with van der Waals surface area (Å²) in [6.45, 7) is 0. The minimum Gasteiger partial charge on any atom is -0.380 e. The van der Waals surface area contributed by atoms with E-state index in [9.17, 15) is 4.39 Å². The summed E-state index contributed by atoms with van der Waals surface area (Å²) < 4.78 is 18.9. The van der Waals surface area contributed by atoms with Gasteiger partial charge in [0.1, 0.15) is 5.82 Å².